The van der Waals surface area contributed by atoms with Gasteiger partial charge >= 0.3 is 0 Å². The Labute approximate surface area is 142 Å². The van der Waals surface area contributed by atoms with Gasteiger partial charge in [0.2, 0.25) is 5.91 Å². The van der Waals surface area contributed by atoms with Crippen molar-refractivity contribution >= 4 is 16.8 Å². The third kappa shape index (κ3) is 2.94. The van der Waals surface area contributed by atoms with Crippen LogP contribution in [0, 0.1) is 0 Å². The third-order valence-corrected chi connectivity index (χ3v) is 5.12. The lowest BCUT2D eigenvalue weighted by Crippen LogP contribution is -2.32. The van der Waals surface area contributed by atoms with Crippen LogP contribution in [0.2, 0.25) is 0 Å². The van der Waals surface area contributed by atoms with Crippen molar-refractivity contribution in [3.8, 4) is 0 Å². The van der Waals surface area contributed by atoms with Crippen LogP contribution < -0.4 is 5.32 Å². The first kappa shape index (κ1) is 15.0. The van der Waals surface area contributed by atoms with Crippen LogP contribution in [0.3, 0.4) is 0 Å². The van der Waals surface area contributed by atoms with E-state index in [2.05, 4.69) is 46.8 Å². The Bertz CT molecular complexity index is 846. The fourth-order valence-corrected chi connectivity index (χ4v) is 3.46. The molecular formula is C21H22N2O. The molecule has 1 aliphatic carbocycles. The molecule has 0 saturated heterocycles. The Morgan fingerprint density at radius 1 is 1.04 bits per heavy atom. The average Bonchev–Trinajstić information content (AvgIpc) is 3.29. The van der Waals surface area contributed by atoms with Crippen LogP contribution >= 0.6 is 0 Å². The molecular weight excluding hydrogens is 296 g/mol. The zero-order chi connectivity index (χ0) is 16.4. The summed E-state index contributed by atoms with van der Waals surface area (Å²) in [4.78, 5) is 15.6. The Morgan fingerprint density at radius 2 is 1.79 bits per heavy atom. The van der Waals surface area contributed by atoms with Crippen LogP contribution in [-0.2, 0) is 16.6 Å². The van der Waals surface area contributed by atoms with E-state index in [1.807, 2.05) is 24.3 Å². The van der Waals surface area contributed by atoms with Crippen molar-refractivity contribution in [3.05, 3.63) is 71.9 Å². The highest BCUT2D eigenvalue weighted by Crippen LogP contribution is 2.49. The molecule has 0 unspecified atom stereocenters. The van der Waals surface area contributed by atoms with Crippen molar-refractivity contribution in [2.45, 2.75) is 31.1 Å². The number of hydrogen-bond donors (Lipinski definition) is 2. The number of carbonyl (C=O) groups is 1. The first-order valence-electron chi connectivity index (χ1n) is 8.64. The van der Waals surface area contributed by atoms with Crippen LogP contribution in [-0.4, -0.2) is 17.4 Å². The van der Waals surface area contributed by atoms with Gasteiger partial charge in [0, 0.05) is 35.5 Å². The zero-order valence-corrected chi connectivity index (χ0v) is 13.7. The SMILES string of the molecule is O=C(CCc1ccccc1)NCC1(c2c[nH]c3ccccc23)CC1. The third-order valence-electron chi connectivity index (χ3n) is 5.12. The molecule has 1 fully saturated rings. The van der Waals surface area contributed by atoms with Gasteiger partial charge in [0.25, 0.3) is 0 Å². The largest absolute Gasteiger partial charge is 0.361 e. The molecule has 3 heteroatoms. The second kappa shape index (κ2) is 6.16. The fraction of sp³-hybridized carbons (Fsp3) is 0.286. The smallest absolute Gasteiger partial charge is 0.220 e. The molecule has 24 heavy (non-hydrogen) atoms. The number of benzene rings is 2. The van der Waals surface area contributed by atoms with Gasteiger partial charge < -0.3 is 10.3 Å². The molecule has 4 rings (SSSR count). The molecule has 0 bridgehead atoms. The van der Waals surface area contributed by atoms with E-state index in [1.54, 1.807) is 0 Å². The van der Waals surface area contributed by atoms with E-state index in [1.165, 1.54) is 22.0 Å². The van der Waals surface area contributed by atoms with Gasteiger partial charge in [-0.1, -0.05) is 48.5 Å². The number of hydrogen-bond acceptors (Lipinski definition) is 1. The average molecular weight is 318 g/mol. The van der Waals surface area contributed by atoms with Crippen molar-refractivity contribution in [2.24, 2.45) is 0 Å². The van der Waals surface area contributed by atoms with E-state index in [4.69, 9.17) is 0 Å². The number of nitrogens with one attached hydrogen (secondary N) is 2. The summed E-state index contributed by atoms with van der Waals surface area (Å²) >= 11 is 0. The Kier molecular flexibility index (Phi) is 3.85. The molecule has 0 radical (unpaired) electrons. The van der Waals surface area contributed by atoms with Crippen LogP contribution in [0.15, 0.2) is 60.8 Å². The van der Waals surface area contributed by atoms with E-state index in [0.717, 1.165) is 25.8 Å². The number of para-hydroxylation sites is 1. The van der Waals surface area contributed by atoms with E-state index in [0.29, 0.717) is 6.42 Å². The first-order valence-corrected chi connectivity index (χ1v) is 8.64. The van der Waals surface area contributed by atoms with Gasteiger partial charge in [0.1, 0.15) is 0 Å². The van der Waals surface area contributed by atoms with Crippen LogP contribution in [0.4, 0.5) is 0 Å². The van der Waals surface area contributed by atoms with E-state index in [9.17, 15) is 4.79 Å². The van der Waals surface area contributed by atoms with Gasteiger partial charge in [-0.15, -0.1) is 0 Å². The second-order valence-corrected chi connectivity index (χ2v) is 6.79. The molecule has 1 saturated carbocycles. The number of amides is 1. The zero-order valence-electron chi connectivity index (χ0n) is 13.7. The Hall–Kier alpha value is -2.55. The minimum Gasteiger partial charge on any atom is -0.361 e. The number of carbonyl (C=O) groups excluding carboxylic acids is 1. The maximum absolute atomic E-state index is 12.2. The minimum absolute atomic E-state index is 0.127. The molecule has 122 valence electrons. The molecule has 0 spiro atoms. The molecule has 1 aromatic heterocycles. The van der Waals surface area contributed by atoms with Gasteiger partial charge in [-0.2, -0.15) is 0 Å². The van der Waals surface area contributed by atoms with Gasteiger partial charge in [0.15, 0.2) is 0 Å². The topological polar surface area (TPSA) is 44.9 Å². The number of rotatable bonds is 6. The van der Waals surface area contributed by atoms with Gasteiger partial charge in [-0.3, -0.25) is 4.79 Å². The number of H-pyrrole nitrogens is 1. The molecule has 3 aromatic rings. The summed E-state index contributed by atoms with van der Waals surface area (Å²) in [5, 5.41) is 4.44. The summed E-state index contributed by atoms with van der Waals surface area (Å²) in [6, 6.07) is 18.6. The summed E-state index contributed by atoms with van der Waals surface area (Å²) in [5.41, 5.74) is 3.86. The number of fused-ring (bicyclic) bond motifs is 1. The molecule has 2 N–H and O–H groups in total. The van der Waals surface area contributed by atoms with Crippen LogP contribution in [0.5, 0.6) is 0 Å². The van der Waals surface area contributed by atoms with Crippen molar-refractivity contribution < 1.29 is 4.79 Å². The first-order chi connectivity index (χ1) is 11.8. The predicted molar refractivity (Wildman–Crippen MR) is 97.0 cm³/mol. The number of aromatic nitrogens is 1. The molecule has 3 nitrogen and oxygen atoms in total. The molecule has 0 atom stereocenters. The van der Waals surface area contributed by atoms with Crippen molar-refractivity contribution in [3.63, 3.8) is 0 Å². The van der Waals surface area contributed by atoms with E-state index >= 15 is 0 Å². The lowest BCUT2D eigenvalue weighted by molar-refractivity contribution is -0.121. The highest BCUT2D eigenvalue weighted by Gasteiger charge is 2.45. The second-order valence-electron chi connectivity index (χ2n) is 6.79. The highest BCUT2D eigenvalue weighted by atomic mass is 16.1. The predicted octanol–water partition coefficient (Wildman–Crippen LogP) is 3.95. The highest BCUT2D eigenvalue weighted by molar-refractivity contribution is 5.85. The summed E-state index contributed by atoms with van der Waals surface area (Å²) < 4.78 is 0. The van der Waals surface area contributed by atoms with Gasteiger partial charge in [-0.25, -0.2) is 0 Å². The lowest BCUT2D eigenvalue weighted by atomic mass is 9.95. The monoisotopic (exact) mass is 318 g/mol. The van der Waals surface area contributed by atoms with Crippen molar-refractivity contribution in [1.29, 1.82) is 0 Å². The Balaban J connectivity index is 1.38. The van der Waals surface area contributed by atoms with Gasteiger partial charge in [-0.05, 0) is 36.5 Å². The maximum atomic E-state index is 12.2. The Morgan fingerprint density at radius 3 is 2.58 bits per heavy atom. The van der Waals surface area contributed by atoms with Crippen LogP contribution in [0.25, 0.3) is 10.9 Å². The summed E-state index contributed by atoms with van der Waals surface area (Å²) in [5.74, 6) is 0.143. The van der Waals surface area contributed by atoms with Gasteiger partial charge in [0.05, 0.1) is 0 Å². The molecule has 1 aliphatic rings. The van der Waals surface area contributed by atoms with Crippen molar-refractivity contribution in [1.82, 2.24) is 10.3 Å². The molecule has 1 amide bonds. The quantitative estimate of drug-likeness (QED) is 0.710. The van der Waals surface area contributed by atoms with E-state index in [-0.39, 0.29) is 11.3 Å². The minimum atomic E-state index is 0.127. The van der Waals surface area contributed by atoms with Crippen LogP contribution in [0.1, 0.15) is 30.4 Å². The molecule has 2 aromatic carbocycles. The standard InChI is InChI=1S/C21H22N2O/c24-20(11-10-16-6-2-1-3-7-16)23-15-21(12-13-21)18-14-22-19-9-5-4-8-17(18)19/h1-9,14,22H,10-13,15H2,(H,23,24). The normalized spacial score (nSPS) is 15.3. The number of aryl methyl sites for hydroxylation is 1. The molecule has 1 heterocycles. The summed E-state index contributed by atoms with van der Waals surface area (Å²) in [7, 11) is 0. The number of aromatic amines is 1. The van der Waals surface area contributed by atoms with Crippen molar-refractivity contribution in [2.75, 3.05) is 6.54 Å². The fourth-order valence-electron chi connectivity index (χ4n) is 3.46. The lowest BCUT2D eigenvalue weighted by Gasteiger charge is -2.16. The summed E-state index contributed by atoms with van der Waals surface area (Å²) in [6.07, 6.45) is 5.76. The maximum Gasteiger partial charge on any atom is 0.220 e. The summed E-state index contributed by atoms with van der Waals surface area (Å²) in [6.45, 7) is 0.739. The molecule has 0 aliphatic heterocycles. The van der Waals surface area contributed by atoms with E-state index < -0.39 is 0 Å².